The Hall–Kier alpha value is -0.850. The second kappa shape index (κ2) is 11.0. The van der Waals surface area contributed by atoms with E-state index in [0.29, 0.717) is 6.04 Å². The fraction of sp³-hybridized carbons (Fsp3) is 0.947. The predicted molar refractivity (Wildman–Crippen MR) is 107 cm³/mol. The lowest BCUT2D eigenvalue weighted by atomic mass is 9.99. The number of piperidine rings is 1. The number of nitrogens with one attached hydrogen (secondary N) is 2. The number of aliphatic imine (C=N–C) groups is 1. The number of likely N-dealkylation sites (N-methyl/N-ethyl adjacent to an activating group) is 2. The fourth-order valence-electron chi connectivity index (χ4n) is 3.63. The van der Waals surface area contributed by atoms with E-state index in [4.69, 9.17) is 4.99 Å². The van der Waals surface area contributed by atoms with Gasteiger partial charge in [-0.05, 0) is 65.8 Å². The minimum Gasteiger partial charge on any atom is -0.357 e. The third-order valence-electron chi connectivity index (χ3n) is 5.60. The molecule has 6 nitrogen and oxygen atoms in total. The monoisotopic (exact) mass is 352 g/mol. The van der Waals surface area contributed by atoms with Gasteiger partial charge < -0.3 is 20.4 Å². The molecule has 0 bridgehead atoms. The third-order valence-corrected chi connectivity index (χ3v) is 5.60. The molecule has 0 saturated carbocycles. The Morgan fingerprint density at radius 1 is 1.08 bits per heavy atom. The lowest BCUT2D eigenvalue weighted by molar-refractivity contribution is 0.119. The number of guanidine groups is 1. The zero-order valence-corrected chi connectivity index (χ0v) is 16.9. The topological polar surface area (TPSA) is 46.1 Å². The summed E-state index contributed by atoms with van der Waals surface area (Å²) < 4.78 is 0. The summed E-state index contributed by atoms with van der Waals surface area (Å²) in [6.07, 6.45) is 3.91. The SMILES string of the molecule is CCNC(=NCC1CN(C)CCN1C)NCCCN1CCC(C)CC1. The molecule has 0 aliphatic carbocycles. The van der Waals surface area contributed by atoms with E-state index in [9.17, 15) is 0 Å². The molecule has 0 spiro atoms. The fourth-order valence-corrected chi connectivity index (χ4v) is 3.63. The van der Waals surface area contributed by atoms with E-state index >= 15 is 0 Å². The number of rotatable bonds is 7. The van der Waals surface area contributed by atoms with Gasteiger partial charge in [0.1, 0.15) is 0 Å². The van der Waals surface area contributed by atoms with Crippen LogP contribution in [0.25, 0.3) is 0 Å². The first-order chi connectivity index (χ1) is 12.1. The van der Waals surface area contributed by atoms with Gasteiger partial charge in [0.2, 0.25) is 0 Å². The summed E-state index contributed by atoms with van der Waals surface area (Å²) in [5.74, 6) is 1.88. The van der Waals surface area contributed by atoms with Crippen LogP contribution in [-0.2, 0) is 0 Å². The first kappa shape index (κ1) is 20.5. The highest BCUT2D eigenvalue weighted by Crippen LogP contribution is 2.15. The largest absolute Gasteiger partial charge is 0.357 e. The van der Waals surface area contributed by atoms with Crippen LogP contribution in [0.5, 0.6) is 0 Å². The van der Waals surface area contributed by atoms with Gasteiger partial charge in [-0.3, -0.25) is 9.89 Å². The maximum atomic E-state index is 4.83. The lowest BCUT2D eigenvalue weighted by Crippen LogP contribution is -2.51. The average Bonchev–Trinajstić information content (AvgIpc) is 2.60. The normalized spacial score (nSPS) is 25.3. The van der Waals surface area contributed by atoms with E-state index in [1.165, 1.54) is 38.9 Å². The number of hydrogen-bond donors (Lipinski definition) is 2. The highest BCUT2D eigenvalue weighted by atomic mass is 15.3. The van der Waals surface area contributed by atoms with Crippen molar-refractivity contribution in [1.29, 1.82) is 0 Å². The van der Waals surface area contributed by atoms with Gasteiger partial charge in [-0.25, -0.2) is 0 Å². The number of hydrogen-bond acceptors (Lipinski definition) is 4. The van der Waals surface area contributed by atoms with Crippen LogP contribution >= 0.6 is 0 Å². The molecule has 0 amide bonds. The maximum Gasteiger partial charge on any atom is 0.191 e. The second-order valence-corrected chi connectivity index (χ2v) is 7.92. The van der Waals surface area contributed by atoms with E-state index in [-0.39, 0.29) is 0 Å². The van der Waals surface area contributed by atoms with Crippen molar-refractivity contribution in [2.75, 3.05) is 73.0 Å². The van der Waals surface area contributed by atoms with Crippen molar-refractivity contribution >= 4 is 5.96 Å². The zero-order chi connectivity index (χ0) is 18.1. The van der Waals surface area contributed by atoms with Crippen molar-refractivity contribution in [3.8, 4) is 0 Å². The molecule has 6 heteroatoms. The molecule has 2 heterocycles. The van der Waals surface area contributed by atoms with Gasteiger partial charge in [0.25, 0.3) is 0 Å². The Labute approximate surface area is 155 Å². The minimum absolute atomic E-state index is 0.518. The molecule has 0 aromatic heterocycles. The third kappa shape index (κ3) is 7.50. The van der Waals surface area contributed by atoms with Crippen molar-refractivity contribution < 1.29 is 0 Å². The molecule has 1 unspecified atom stereocenters. The van der Waals surface area contributed by atoms with Crippen molar-refractivity contribution in [2.45, 2.75) is 39.2 Å². The van der Waals surface area contributed by atoms with E-state index in [1.54, 1.807) is 0 Å². The van der Waals surface area contributed by atoms with Gasteiger partial charge in [-0.15, -0.1) is 0 Å². The molecule has 2 N–H and O–H groups in total. The Balaban J connectivity index is 1.68. The van der Waals surface area contributed by atoms with Crippen LogP contribution in [0.15, 0.2) is 4.99 Å². The Bertz CT molecular complexity index is 391. The number of piperazine rings is 1. The standard InChI is InChI=1S/C19H40N6/c1-5-20-19(22-15-18-16-23(3)13-14-24(18)4)21-9-6-10-25-11-7-17(2)8-12-25/h17-18H,5-16H2,1-4H3,(H2,20,21,22). The van der Waals surface area contributed by atoms with Gasteiger partial charge in [-0.2, -0.15) is 0 Å². The molecule has 2 fully saturated rings. The summed E-state index contributed by atoms with van der Waals surface area (Å²) in [7, 11) is 4.42. The Kier molecular flexibility index (Phi) is 8.99. The highest BCUT2D eigenvalue weighted by Gasteiger charge is 2.21. The van der Waals surface area contributed by atoms with Crippen LogP contribution < -0.4 is 10.6 Å². The average molecular weight is 353 g/mol. The number of likely N-dealkylation sites (tertiary alicyclic amines) is 1. The summed E-state index contributed by atoms with van der Waals surface area (Å²) in [5.41, 5.74) is 0. The molecular weight excluding hydrogens is 312 g/mol. The molecule has 0 aromatic carbocycles. The summed E-state index contributed by atoms with van der Waals surface area (Å²) >= 11 is 0. The van der Waals surface area contributed by atoms with E-state index in [2.05, 4.69) is 53.3 Å². The second-order valence-electron chi connectivity index (χ2n) is 7.92. The van der Waals surface area contributed by atoms with E-state index < -0.39 is 0 Å². The van der Waals surface area contributed by atoms with Gasteiger partial charge in [0.15, 0.2) is 5.96 Å². The van der Waals surface area contributed by atoms with Crippen molar-refractivity contribution in [3.63, 3.8) is 0 Å². The van der Waals surface area contributed by atoms with E-state index in [1.807, 2.05) is 0 Å². The molecule has 1 atom stereocenters. The summed E-state index contributed by atoms with van der Waals surface area (Å²) in [6.45, 7) is 14.4. The summed E-state index contributed by atoms with van der Waals surface area (Å²) in [6, 6.07) is 0.518. The van der Waals surface area contributed by atoms with Crippen LogP contribution in [-0.4, -0.2) is 99.7 Å². The molecule has 25 heavy (non-hydrogen) atoms. The molecular formula is C19H40N6. The van der Waals surface area contributed by atoms with E-state index in [0.717, 1.165) is 51.1 Å². The smallest absolute Gasteiger partial charge is 0.191 e. The minimum atomic E-state index is 0.518. The van der Waals surface area contributed by atoms with Crippen LogP contribution in [0.3, 0.4) is 0 Å². The lowest BCUT2D eigenvalue weighted by Gasteiger charge is -2.36. The molecule has 2 aliphatic rings. The van der Waals surface area contributed by atoms with Crippen molar-refractivity contribution in [1.82, 2.24) is 25.3 Å². The predicted octanol–water partition coefficient (Wildman–Crippen LogP) is 0.909. The Morgan fingerprint density at radius 2 is 1.84 bits per heavy atom. The molecule has 2 aliphatic heterocycles. The van der Waals surface area contributed by atoms with Crippen molar-refractivity contribution in [3.05, 3.63) is 0 Å². The first-order valence-corrected chi connectivity index (χ1v) is 10.2. The molecule has 0 radical (unpaired) electrons. The van der Waals surface area contributed by atoms with Crippen LogP contribution in [0, 0.1) is 5.92 Å². The summed E-state index contributed by atoms with van der Waals surface area (Å²) in [4.78, 5) is 12.3. The zero-order valence-electron chi connectivity index (χ0n) is 16.9. The van der Waals surface area contributed by atoms with Gasteiger partial charge in [-0.1, -0.05) is 6.92 Å². The number of nitrogens with zero attached hydrogens (tertiary/aromatic N) is 4. The molecule has 146 valence electrons. The van der Waals surface area contributed by atoms with Crippen LogP contribution in [0.1, 0.15) is 33.1 Å². The van der Waals surface area contributed by atoms with Crippen LogP contribution in [0.2, 0.25) is 0 Å². The van der Waals surface area contributed by atoms with Gasteiger partial charge >= 0.3 is 0 Å². The van der Waals surface area contributed by atoms with Crippen molar-refractivity contribution in [2.24, 2.45) is 10.9 Å². The molecule has 2 saturated heterocycles. The van der Waals surface area contributed by atoms with Crippen LogP contribution in [0.4, 0.5) is 0 Å². The first-order valence-electron chi connectivity index (χ1n) is 10.2. The quantitative estimate of drug-likeness (QED) is 0.405. The molecule has 0 aromatic rings. The van der Waals surface area contributed by atoms with Gasteiger partial charge in [0.05, 0.1) is 6.54 Å². The van der Waals surface area contributed by atoms with Gasteiger partial charge in [0, 0.05) is 38.8 Å². The Morgan fingerprint density at radius 3 is 2.56 bits per heavy atom. The highest BCUT2D eigenvalue weighted by molar-refractivity contribution is 5.79. The summed E-state index contributed by atoms with van der Waals surface area (Å²) in [5, 5.41) is 6.90. The maximum absolute atomic E-state index is 4.83. The molecule has 2 rings (SSSR count).